The fourth-order valence-corrected chi connectivity index (χ4v) is 13.0. The molecule has 4 fully saturated rings. The summed E-state index contributed by atoms with van der Waals surface area (Å²) in [6.45, 7) is 5.21. The van der Waals surface area contributed by atoms with E-state index in [0.29, 0.717) is 51.3 Å². The Balaban J connectivity index is 0.973. The Hall–Kier alpha value is -6.65. The number of carboxylic acid groups (broad SMARTS) is 1. The van der Waals surface area contributed by atoms with Gasteiger partial charge < -0.3 is 167 Å². The summed E-state index contributed by atoms with van der Waals surface area (Å²) < 4.78 is 68.7. The van der Waals surface area contributed by atoms with Crippen LogP contribution >= 0.6 is 0 Å². The number of unbranched alkanes of at least 4 members (excludes halogenated alkanes) is 1. The van der Waals surface area contributed by atoms with Gasteiger partial charge in [0.25, 0.3) is 0 Å². The number of aliphatic carboxylic acids is 1. The molecule has 0 aromatic heterocycles. The van der Waals surface area contributed by atoms with Crippen LogP contribution in [-0.2, 0) is 80.8 Å². The zero-order valence-electron chi connectivity index (χ0n) is 64.2. The Labute approximate surface area is 657 Å². The van der Waals surface area contributed by atoms with Crippen molar-refractivity contribution in [3.63, 3.8) is 0 Å². The first-order valence-electron chi connectivity index (χ1n) is 37.5. The monoisotopic (exact) mass is 1640 g/mol. The molecule has 0 aromatic rings. The first-order valence-corrected chi connectivity index (χ1v) is 37.5. The summed E-state index contributed by atoms with van der Waals surface area (Å²) in [4.78, 5) is 69.4. The van der Waals surface area contributed by atoms with Crippen molar-refractivity contribution in [2.75, 3.05) is 165 Å². The number of carbonyl (C=O) groups excluding carboxylic acids is 4. The van der Waals surface area contributed by atoms with Crippen LogP contribution < -0.4 is 60.0 Å². The summed E-state index contributed by atoms with van der Waals surface area (Å²) in [5.41, 5.74) is 21.0. The van der Waals surface area contributed by atoms with E-state index in [9.17, 15) is 90.4 Å². The molecule has 652 valence electrons. The van der Waals surface area contributed by atoms with Gasteiger partial charge in [-0.3, -0.25) is 53.8 Å². The van der Waals surface area contributed by atoms with E-state index in [1.165, 1.54) is 33.9 Å². The minimum atomic E-state index is -1.50. The first kappa shape index (κ1) is 94.5. The molecular weight excluding hydrogens is 1520 g/mol. The quantitative estimate of drug-likeness (QED) is 0.0116. The second-order valence-electron chi connectivity index (χ2n) is 27.5. The van der Waals surface area contributed by atoms with Crippen LogP contribution in [0.25, 0.3) is 0 Å². The lowest BCUT2D eigenvalue weighted by molar-refractivity contribution is -0.272. The predicted octanol–water partition coefficient (Wildman–Crippen LogP) is -13.0. The van der Waals surface area contributed by atoms with E-state index < -0.39 is 185 Å². The van der Waals surface area contributed by atoms with Gasteiger partial charge in [0.15, 0.2) is 25.2 Å². The molecule has 21 unspecified atom stereocenters. The minimum absolute atomic E-state index is 0.00364. The van der Waals surface area contributed by atoms with Gasteiger partial charge in [0.1, 0.15) is 103 Å². The molecule has 7 aliphatic rings. The van der Waals surface area contributed by atoms with E-state index in [1.54, 1.807) is 26.1 Å². The number of carboxylic acids is 1. The highest BCUT2D eigenvalue weighted by Crippen LogP contribution is 2.27. The molecule has 0 aliphatic carbocycles. The summed E-state index contributed by atoms with van der Waals surface area (Å²) >= 11 is 0. The molecule has 7 aliphatic heterocycles. The molecule has 0 bridgehead atoms. The van der Waals surface area contributed by atoms with Gasteiger partial charge in [-0.1, -0.05) is 6.42 Å². The lowest BCUT2D eigenvalue weighted by atomic mass is 9.97. The van der Waals surface area contributed by atoms with Crippen molar-refractivity contribution >= 4 is 41.5 Å². The highest BCUT2D eigenvalue weighted by Gasteiger charge is 2.49. The number of nitrogens with one attached hydrogen (secondary N) is 10. The molecule has 4 saturated heterocycles. The molecule has 0 radical (unpaired) electrons. The molecule has 7 rings (SSSR count). The minimum Gasteiger partial charge on any atom is -0.480 e. The highest BCUT2D eigenvalue weighted by molar-refractivity contribution is 6.31. The fraction of sp³-hybridized carbons (Fsp3) is 0.803. The molecule has 0 aromatic carbocycles. The number of aliphatic hydroxyl groups excluding tert-OH is 12. The number of aliphatic hydroxyl groups is 12. The predicted molar refractivity (Wildman–Crippen MR) is 390 cm³/mol. The molecule has 7 heterocycles. The average molecular weight is 1640 g/mol. The van der Waals surface area contributed by atoms with Gasteiger partial charge in [-0.25, -0.2) is 0 Å². The summed E-state index contributed by atoms with van der Waals surface area (Å²) in [5, 5.41) is 153. The molecule has 25 N–H and O–H groups in total. The SMILES string of the molecule is CC(=O)NC1C(OCCOCCN=CC(CN(CC2=CN(CCOCCOC3OC(CO)C(O)C(O)C3NC(C)=O)NN2)C(CCCCN(CC2=CN(CCOCCOC3OC(CO)C(O)C(O)C3NC(C)=O)NN2)CC2=CN(CCOCCOC3OC(CO)C(O)C(O)C3NC(C)=O)NN2)C(=O)O)=NN)OC(CO)C(O)C1O. The van der Waals surface area contributed by atoms with Crippen LogP contribution in [0.3, 0.4) is 0 Å². The molecule has 48 nitrogen and oxygen atoms in total. The van der Waals surface area contributed by atoms with Gasteiger partial charge >= 0.3 is 5.97 Å². The summed E-state index contributed by atoms with van der Waals surface area (Å²) in [7, 11) is 0. The van der Waals surface area contributed by atoms with Crippen LogP contribution in [0.4, 0.5) is 0 Å². The van der Waals surface area contributed by atoms with E-state index >= 15 is 0 Å². The standard InChI is InChI=1S/C66H118N18O30/c1-37(89)69-50-58(97)54(93)46(33-85)111-63(50)107-21-17-103-13-8-68-25-41(73-67)28-81(29-44-32-84(79-76-44)12-16-106-20-24-110-66-53(72-40(4)92)61(100)57(96)49(36-88)114-66)45(62(101)102)7-5-6-9-80(26-42-30-82(77-74-42)10-14-104-18-22-108-64-51(70-38(2)90)59(98)55(94)47(34-86)112-64)27-43-31-83(78-75-43)11-15-105-19-23-109-65-52(71-39(3)91)60(99)56(95)48(35-87)113-65/h25,30-32,45-61,63-66,74-79,85-88,93-100H,5-24,26-29,33-36,67H2,1-4H3,(H,69,89)(H,70,90)(H,71,91)(H,72,92)(H,101,102). The van der Waals surface area contributed by atoms with Gasteiger partial charge in [0.05, 0.1) is 155 Å². The summed E-state index contributed by atoms with van der Waals surface area (Å²) in [5.74, 6) is 2.81. The summed E-state index contributed by atoms with van der Waals surface area (Å²) in [6, 6.07) is -5.64. The van der Waals surface area contributed by atoms with Crippen LogP contribution in [0.2, 0.25) is 0 Å². The lowest BCUT2D eigenvalue weighted by Crippen LogP contribution is -2.64. The van der Waals surface area contributed by atoms with Gasteiger partial charge in [0, 0.05) is 78.7 Å². The number of carbonyl (C=O) groups is 5. The Kier molecular flexibility index (Phi) is 41.1. The van der Waals surface area contributed by atoms with Crippen molar-refractivity contribution in [1.29, 1.82) is 0 Å². The van der Waals surface area contributed by atoms with Gasteiger partial charge in [-0.2, -0.15) is 5.10 Å². The van der Waals surface area contributed by atoms with Gasteiger partial charge in [0.2, 0.25) is 23.6 Å². The normalized spacial score (nSPS) is 30.2. The lowest BCUT2D eigenvalue weighted by Gasteiger charge is -2.42. The molecule has 0 saturated carbocycles. The number of hydrogen-bond donors (Lipinski definition) is 24. The number of hydrazine groups is 6. The van der Waals surface area contributed by atoms with Crippen LogP contribution in [0.1, 0.15) is 47.0 Å². The van der Waals surface area contributed by atoms with E-state index in [0.717, 1.165) is 11.4 Å². The molecular formula is C66H118N18O30. The fourth-order valence-electron chi connectivity index (χ4n) is 13.0. The smallest absolute Gasteiger partial charge is 0.320 e. The Morgan fingerprint density at radius 2 is 0.807 bits per heavy atom. The van der Waals surface area contributed by atoms with Crippen molar-refractivity contribution in [2.45, 2.75) is 176 Å². The number of hydrogen-bond acceptors (Lipinski definition) is 43. The van der Waals surface area contributed by atoms with Crippen molar-refractivity contribution in [3.05, 3.63) is 35.7 Å². The molecule has 0 spiro atoms. The number of ether oxygens (including phenoxy) is 12. The number of aliphatic imine (C=N–C) groups is 1. The second-order valence-corrected chi connectivity index (χ2v) is 27.5. The van der Waals surface area contributed by atoms with E-state index in [-0.39, 0.29) is 118 Å². The van der Waals surface area contributed by atoms with E-state index in [1.807, 2.05) is 12.4 Å². The molecule has 48 heteroatoms. The zero-order chi connectivity index (χ0) is 82.8. The maximum Gasteiger partial charge on any atom is 0.320 e. The van der Waals surface area contributed by atoms with Crippen molar-refractivity contribution in [2.24, 2.45) is 15.9 Å². The average Bonchev–Trinajstić information content (AvgIpc) is 1.16. The topological polar surface area (TPSA) is 646 Å². The highest BCUT2D eigenvalue weighted by atomic mass is 16.7. The van der Waals surface area contributed by atoms with Gasteiger partial charge in [-0.05, 0) is 19.4 Å². The number of rotatable bonds is 52. The number of nitrogens with zero attached hydrogens (tertiary/aromatic N) is 7. The van der Waals surface area contributed by atoms with Crippen molar-refractivity contribution in [3.8, 4) is 0 Å². The maximum absolute atomic E-state index is 13.6. The van der Waals surface area contributed by atoms with Crippen LogP contribution in [0.5, 0.6) is 0 Å². The number of hydrazone groups is 1. The Bertz CT molecular complexity index is 2990. The third-order valence-electron chi connectivity index (χ3n) is 18.7. The van der Waals surface area contributed by atoms with Crippen molar-refractivity contribution in [1.82, 2.24) is 79.0 Å². The third kappa shape index (κ3) is 30.1. The second kappa shape index (κ2) is 49.5. The van der Waals surface area contributed by atoms with E-state index in [4.69, 9.17) is 62.7 Å². The molecule has 4 amide bonds. The van der Waals surface area contributed by atoms with Gasteiger partial charge in [-0.15, -0.1) is 16.6 Å². The molecule has 114 heavy (non-hydrogen) atoms. The van der Waals surface area contributed by atoms with Crippen molar-refractivity contribution < 1.29 is 147 Å². The van der Waals surface area contributed by atoms with E-state index in [2.05, 4.69) is 69.1 Å². The first-order chi connectivity index (χ1) is 54.7. The zero-order valence-corrected chi connectivity index (χ0v) is 64.2. The number of nitrogens with two attached hydrogens (primary N) is 1. The number of amides is 4. The largest absolute Gasteiger partial charge is 0.480 e. The third-order valence-corrected chi connectivity index (χ3v) is 18.7. The van der Waals surface area contributed by atoms with Crippen LogP contribution in [0, 0.1) is 0 Å². The van der Waals surface area contributed by atoms with Crippen LogP contribution in [0.15, 0.2) is 45.8 Å². The maximum atomic E-state index is 13.6. The Morgan fingerprint density at radius 1 is 0.482 bits per heavy atom. The molecule has 21 atom stereocenters. The Morgan fingerprint density at radius 3 is 1.11 bits per heavy atom. The van der Waals surface area contributed by atoms with Crippen LogP contribution in [-0.4, -0.2) is 426 Å². The summed E-state index contributed by atoms with van der Waals surface area (Å²) in [6.07, 6.45) is -13.5.